The summed E-state index contributed by atoms with van der Waals surface area (Å²) in [4.78, 5) is 4.02. The normalized spacial score (nSPS) is 13.3. The lowest BCUT2D eigenvalue weighted by Crippen LogP contribution is -2.28. The molecule has 1 heterocycles. The van der Waals surface area contributed by atoms with E-state index >= 15 is 0 Å². The maximum absolute atomic E-state index is 13.4. The highest BCUT2D eigenvalue weighted by Crippen LogP contribution is 2.21. The summed E-state index contributed by atoms with van der Waals surface area (Å²) in [6.45, 7) is 2.04. The molecule has 0 bridgehead atoms. The molecule has 0 radical (unpaired) electrons. The van der Waals surface area contributed by atoms with Crippen LogP contribution in [0.5, 0.6) is 0 Å². The zero-order valence-electron chi connectivity index (χ0n) is 11.6. The molecule has 1 unspecified atom stereocenters. The third-order valence-electron chi connectivity index (χ3n) is 2.84. The molecule has 0 amide bonds. The Morgan fingerprint density at radius 2 is 2.19 bits per heavy atom. The molecule has 5 nitrogen and oxygen atoms in total. The molecule has 0 fully saturated rings. The quantitative estimate of drug-likeness (QED) is 0.851. The Kier molecular flexibility index (Phi) is 5.04. The molecule has 0 saturated heterocycles. The minimum atomic E-state index is -3.82. The summed E-state index contributed by atoms with van der Waals surface area (Å²) in [5, 5.41) is 5.30. The lowest BCUT2D eigenvalue weighted by Gasteiger charge is -2.15. The number of hydrogen-bond donors (Lipinski definition) is 2. The summed E-state index contributed by atoms with van der Waals surface area (Å²) in [7, 11) is -2.12. The smallest absolute Gasteiger partial charge is 0.241 e. The molecule has 2 aromatic rings. The molecule has 114 valence electrons. The predicted molar refractivity (Wildman–Crippen MR) is 80.0 cm³/mol. The van der Waals surface area contributed by atoms with Crippen molar-refractivity contribution in [2.75, 3.05) is 7.05 Å². The Morgan fingerprint density at radius 1 is 1.43 bits per heavy atom. The van der Waals surface area contributed by atoms with Crippen LogP contribution in [0, 0.1) is 5.82 Å². The highest BCUT2D eigenvalue weighted by atomic mass is 32.2. The predicted octanol–water partition coefficient (Wildman–Crippen LogP) is 2.04. The van der Waals surface area contributed by atoms with Crippen LogP contribution in [0.1, 0.15) is 23.5 Å². The first-order chi connectivity index (χ1) is 9.94. The summed E-state index contributed by atoms with van der Waals surface area (Å²) >= 11 is 1.36. The molecule has 1 atom stereocenters. The van der Waals surface area contributed by atoms with Gasteiger partial charge in [-0.2, -0.15) is 0 Å². The minimum Gasteiger partial charge on any atom is -0.316 e. The lowest BCUT2D eigenvalue weighted by atomic mass is 10.2. The number of rotatable bonds is 6. The summed E-state index contributed by atoms with van der Waals surface area (Å²) in [6.07, 6.45) is 1.61. The second-order valence-corrected chi connectivity index (χ2v) is 7.10. The zero-order chi connectivity index (χ0) is 15.5. The number of benzene rings is 1. The van der Waals surface area contributed by atoms with Gasteiger partial charge in [-0.1, -0.05) is 6.07 Å². The van der Waals surface area contributed by atoms with Crippen molar-refractivity contribution >= 4 is 21.4 Å². The maximum Gasteiger partial charge on any atom is 0.241 e. The van der Waals surface area contributed by atoms with E-state index in [1.165, 1.54) is 23.5 Å². The van der Waals surface area contributed by atoms with Crippen LogP contribution in [0.2, 0.25) is 0 Å². The van der Waals surface area contributed by atoms with E-state index in [0.717, 1.165) is 6.07 Å². The van der Waals surface area contributed by atoms with Gasteiger partial charge in [-0.25, -0.2) is 22.5 Å². The van der Waals surface area contributed by atoms with Gasteiger partial charge in [0, 0.05) is 18.1 Å². The fraction of sp³-hybridized carbons (Fsp3) is 0.308. The van der Waals surface area contributed by atoms with Crippen molar-refractivity contribution in [1.82, 2.24) is 15.0 Å². The fourth-order valence-corrected chi connectivity index (χ4v) is 4.09. The molecule has 2 N–H and O–H groups in total. The monoisotopic (exact) mass is 329 g/mol. The van der Waals surface area contributed by atoms with Gasteiger partial charge >= 0.3 is 0 Å². The fourth-order valence-electron chi connectivity index (χ4n) is 1.91. The topological polar surface area (TPSA) is 71.1 Å². The van der Waals surface area contributed by atoms with Crippen LogP contribution in [0.3, 0.4) is 0 Å². The Balaban J connectivity index is 2.33. The number of sulfonamides is 1. The Labute approximate surface area is 127 Å². The second-order valence-electron chi connectivity index (χ2n) is 4.50. The molecular weight excluding hydrogens is 313 g/mol. The van der Waals surface area contributed by atoms with Crippen molar-refractivity contribution in [3.8, 4) is 0 Å². The Bertz CT molecular complexity index is 702. The number of nitrogens with zero attached hydrogens (tertiary/aromatic N) is 1. The average Bonchev–Trinajstić information content (AvgIpc) is 2.94. The van der Waals surface area contributed by atoms with E-state index in [9.17, 15) is 12.8 Å². The summed E-state index contributed by atoms with van der Waals surface area (Å²) in [5.74, 6) is -0.586. The molecule has 0 spiro atoms. The maximum atomic E-state index is 13.4. The molecule has 2 rings (SSSR count). The van der Waals surface area contributed by atoms with Crippen molar-refractivity contribution in [2.24, 2.45) is 0 Å². The van der Waals surface area contributed by atoms with E-state index in [4.69, 9.17) is 0 Å². The number of halogens is 1. The van der Waals surface area contributed by atoms with Crippen molar-refractivity contribution in [1.29, 1.82) is 0 Å². The van der Waals surface area contributed by atoms with Crippen molar-refractivity contribution in [3.05, 3.63) is 46.2 Å². The Hall–Kier alpha value is -1.35. The van der Waals surface area contributed by atoms with Gasteiger partial charge in [-0.3, -0.25) is 0 Å². The van der Waals surface area contributed by atoms with E-state index in [1.807, 2.05) is 0 Å². The van der Waals surface area contributed by atoms with Gasteiger partial charge in [0.1, 0.15) is 10.8 Å². The third-order valence-corrected chi connectivity index (χ3v) is 5.42. The minimum absolute atomic E-state index is 0.0553. The summed E-state index contributed by atoms with van der Waals surface area (Å²) in [6, 6.07) is 3.27. The van der Waals surface area contributed by atoms with E-state index in [1.54, 1.807) is 25.5 Å². The highest BCUT2D eigenvalue weighted by molar-refractivity contribution is 7.89. The first kappa shape index (κ1) is 16.0. The lowest BCUT2D eigenvalue weighted by molar-refractivity contribution is 0.561. The van der Waals surface area contributed by atoms with E-state index in [-0.39, 0.29) is 4.90 Å². The van der Waals surface area contributed by atoms with Crippen LogP contribution >= 0.6 is 11.3 Å². The van der Waals surface area contributed by atoms with Gasteiger partial charge in [-0.15, -0.1) is 11.3 Å². The van der Waals surface area contributed by atoms with Gasteiger partial charge in [0.25, 0.3) is 0 Å². The molecule has 21 heavy (non-hydrogen) atoms. The van der Waals surface area contributed by atoms with Crippen LogP contribution in [-0.2, 0) is 16.6 Å². The Morgan fingerprint density at radius 3 is 2.81 bits per heavy atom. The van der Waals surface area contributed by atoms with Crippen molar-refractivity contribution in [3.63, 3.8) is 0 Å². The summed E-state index contributed by atoms with van der Waals surface area (Å²) < 4.78 is 40.8. The van der Waals surface area contributed by atoms with Gasteiger partial charge < -0.3 is 5.32 Å². The molecule has 0 aliphatic rings. The molecule has 1 aromatic heterocycles. The molecule has 0 aliphatic carbocycles. The number of nitrogens with one attached hydrogen (secondary N) is 2. The van der Waals surface area contributed by atoms with Crippen LogP contribution in [-0.4, -0.2) is 20.4 Å². The van der Waals surface area contributed by atoms with E-state index in [0.29, 0.717) is 17.1 Å². The number of thiazole rings is 1. The highest BCUT2D eigenvalue weighted by Gasteiger charge is 2.23. The van der Waals surface area contributed by atoms with Crippen LogP contribution < -0.4 is 10.0 Å². The zero-order valence-corrected chi connectivity index (χ0v) is 13.3. The number of hydrogen-bond acceptors (Lipinski definition) is 5. The summed E-state index contributed by atoms with van der Waals surface area (Å²) in [5.41, 5.74) is 0.512. The van der Waals surface area contributed by atoms with Crippen LogP contribution in [0.15, 0.2) is 34.7 Å². The number of aromatic nitrogens is 1. The van der Waals surface area contributed by atoms with E-state index < -0.39 is 21.9 Å². The first-order valence-electron chi connectivity index (χ1n) is 6.29. The standard InChI is InChI=1S/C13H16FN3O2S2/c1-9(13-16-5-6-20-13)17-21(18,19)12-7-11(14)4-3-10(12)8-15-2/h3-7,9,15,17H,8H2,1-2H3. The first-order valence-corrected chi connectivity index (χ1v) is 8.65. The van der Waals surface area contributed by atoms with Crippen LogP contribution in [0.25, 0.3) is 0 Å². The average molecular weight is 329 g/mol. The van der Waals surface area contributed by atoms with E-state index in [2.05, 4.69) is 15.0 Å². The molecule has 0 aliphatic heterocycles. The van der Waals surface area contributed by atoms with Crippen molar-refractivity contribution < 1.29 is 12.8 Å². The van der Waals surface area contributed by atoms with Gasteiger partial charge in [0.15, 0.2) is 0 Å². The molecule has 8 heteroatoms. The largest absolute Gasteiger partial charge is 0.316 e. The third kappa shape index (κ3) is 3.85. The van der Waals surface area contributed by atoms with Crippen LogP contribution in [0.4, 0.5) is 4.39 Å². The van der Waals surface area contributed by atoms with Gasteiger partial charge in [-0.05, 0) is 31.7 Å². The SMILES string of the molecule is CNCc1ccc(F)cc1S(=O)(=O)NC(C)c1nccs1. The molecule has 1 aromatic carbocycles. The second kappa shape index (κ2) is 6.61. The van der Waals surface area contributed by atoms with Crippen molar-refractivity contribution in [2.45, 2.75) is 24.4 Å². The molecule has 0 saturated carbocycles. The van der Waals surface area contributed by atoms with Gasteiger partial charge in [0.2, 0.25) is 10.0 Å². The van der Waals surface area contributed by atoms with Gasteiger partial charge in [0.05, 0.1) is 10.9 Å². The molecular formula is C13H16FN3O2S2.